The van der Waals surface area contributed by atoms with Gasteiger partial charge in [-0.25, -0.2) is 0 Å². The third-order valence-electron chi connectivity index (χ3n) is 2.59. The monoisotopic (exact) mass is 224 g/mol. The first-order valence-corrected chi connectivity index (χ1v) is 5.53. The minimum absolute atomic E-state index is 0.650. The molecule has 16 heavy (non-hydrogen) atoms. The molecule has 0 saturated heterocycles. The maximum Gasteiger partial charge on any atom is 0.123 e. The Bertz CT molecular complexity index is 454. The van der Waals surface area contributed by atoms with Gasteiger partial charge in [0.05, 0.1) is 0 Å². The van der Waals surface area contributed by atoms with Gasteiger partial charge in [0.1, 0.15) is 4.75 Å². The molecule has 1 heteroatoms. The predicted octanol–water partition coefficient (Wildman–Crippen LogP) is 3.49. The average Bonchev–Trinajstić information content (AvgIpc) is 2.40. The Morgan fingerprint density at radius 3 is 1.50 bits per heavy atom. The van der Waals surface area contributed by atoms with Gasteiger partial charge in [0.25, 0.3) is 0 Å². The number of terminal acetylenes is 1. The maximum absolute atomic E-state index is 5.64. The molecule has 0 aromatic heterocycles. The minimum Gasteiger partial charge on any atom is -0.150 e. The lowest BCUT2D eigenvalue weighted by Gasteiger charge is -2.23. The van der Waals surface area contributed by atoms with Crippen LogP contribution in [0.2, 0.25) is 0 Å². The van der Waals surface area contributed by atoms with Crippen molar-refractivity contribution >= 4 is 12.6 Å². The molecule has 0 amide bonds. The van der Waals surface area contributed by atoms with Gasteiger partial charge in [0, 0.05) is 0 Å². The van der Waals surface area contributed by atoms with E-state index in [1.165, 1.54) is 0 Å². The molecule has 0 fully saturated rings. The van der Waals surface area contributed by atoms with E-state index in [0.717, 1.165) is 11.1 Å². The molecule has 0 bridgehead atoms. The van der Waals surface area contributed by atoms with Crippen molar-refractivity contribution in [2.45, 2.75) is 4.75 Å². The van der Waals surface area contributed by atoms with E-state index in [1.807, 2.05) is 60.7 Å². The highest BCUT2D eigenvalue weighted by Gasteiger charge is 2.26. The zero-order valence-electron chi connectivity index (χ0n) is 8.80. The fraction of sp³-hybridized carbons (Fsp3) is 0.0667. The lowest BCUT2D eigenvalue weighted by Crippen LogP contribution is -2.17. The van der Waals surface area contributed by atoms with Gasteiger partial charge in [-0.3, -0.25) is 0 Å². The molecule has 2 aromatic carbocycles. The summed E-state index contributed by atoms with van der Waals surface area (Å²) >= 11 is 4.66. The third kappa shape index (κ3) is 1.85. The van der Waals surface area contributed by atoms with Crippen LogP contribution in [0.15, 0.2) is 60.7 Å². The van der Waals surface area contributed by atoms with E-state index in [0.29, 0.717) is 0 Å². The largest absolute Gasteiger partial charge is 0.150 e. The molecule has 0 unspecified atom stereocenters. The Morgan fingerprint density at radius 2 is 1.19 bits per heavy atom. The first-order valence-electron chi connectivity index (χ1n) is 5.08. The Kier molecular flexibility index (Phi) is 3.03. The molecule has 0 spiro atoms. The smallest absolute Gasteiger partial charge is 0.123 e. The van der Waals surface area contributed by atoms with Crippen LogP contribution in [0.25, 0.3) is 0 Å². The van der Waals surface area contributed by atoms with Crippen molar-refractivity contribution in [1.29, 1.82) is 0 Å². The summed E-state index contributed by atoms with van der Waals surface area (Å²) in [7, 11) is 0. The second-order valence-corrected chi connectivity index (χ2v) is 4.26. The van der Waals surface area contributed by atoms with Crippen LogP contribution in [-0.4, -0.2) is 0 Å². The SMILES string of the molecule is C#CC(S)(c1ccccc1)c1ccccc1. The molecule has 2 rings (SSSR count). The Balaban J connectivity index is 2.55. The van der Waals surface area contributed by atoms with Gasteiger partial charge < -0.3 is 0 Å². The lowest BCUT2D eigenvalue weighted by atomic mass is 9.91. The van der Waals surface area contributed by atoms with Gasteiger partial charge in [0.2, 0.25) is 0 Å². The summed E-state index contributed by atoms with van der Waals surface area (Å²) in [6, 6.07) is 19.8. The van der Waals surface area contributed by atoms with E-state index in [4.69, 9.17) is 6.42 Å². The second-order valence-electron chi connectivity index (χ2n) is 3.59. The molecule has 0 radical (unpaired) electrons. The number of hydrogen-bond donors (Lipinski definition) is 1. The zero-order valence-corrected chi connectivity index (χ0v) is 9.69. The van der Waals surface area contributed by atoms with Crippen molar-refractivity contribution in [1.82, 2.24) is 0 Å². The highest BCUT2D eigenvalue weighted by molar-refractivity contribution is 7.81. The maximum atomic E-state index is 5.64. The summed E-state index contributed by atoms with van der Waals surface area (Å²) in [6.07, 6.45) is 5.64. The Hall–Kier alpha value is -1.65. The molecule has 0 nitrogen and oxygen atoms in total. The van der Waals surface area contributed by atoms with E-state index >= 15 is 0 Å². The van der Waals surface area contributed by atoms with Crippen molar-refractivity contribution in [2.24, 2.45) is 0 Å². The van der Waals surface area contributed by atoms with Crippen molar-refractivity contribution in [3.05, 3.63) is 71.8 Å². The number of benzene rings is 2. The third-order valence-corrected chi connectivity index (χ3v) is 3.24. The van der Waals surface area contributed by atoms with E-state index < -0.39 is 4.75 Å². The minimum atomic E-state index is -0.650. The van der Waals surface area contributed by atoms with Crippen LogP contribution in [-0.2, 0) is 4.75 Å². The van der Waals surface area contributed by atoms with Gasteiger partial charge >= 0.3 is 0 Å². The van der Waals surface area contributed by atoms with Crippen LogP contribution in [0.1, 0.15) is 11.1 Å². The molecular weight excluding hydrogens is 212 g/mol. The summed E-state index contributed by atoms with van der Waals surface area (Å²) < 4.78 is -0.650. The molecule has 78 valence electrons. The molecule has 0 aliphatic carbocycles. The van der Waals surface area contributed by atoms with Gasteiger partial charge in [-0.05, 0) is 11.1 Å². The Labute approximate surface area is 102 Å². The summed E-state index contributed by atoms with van der Waals surface area (Å²) in [6.45, 7) is 0. The highest BCUT2D eigenvalue weighted by Crippen LogP contribution is 2.35. The van der Waals surface area contributed by atoms with E-state index in [1.54, 1.807) is 0 Å². The molecule has 0 aliphatic rings. The number of thiol groups is 1. The van der Waals surface area contributed by atoms with E-state index in [-0.39, 0.29) is 0 Å². The highest BCUT2D eigenvalue weighted by atomic mass is 32.1. The first-order chi connectivity index (χ1) is 7.77. The van der Waals surface area contributed by atoms with Crippen LogP contribution in [0.5, 0.6) is 0 Å². The molecule has 2 aromatic rings. The molecule has 0 atom stereocenters. The quantitative estimate of drug-likeness (QED) is 0.586. The van der Waals surface area contributed by atoms with E-state index in [2.05, 4.69) is 18.5 Å². The molecule has 0 N–H and O–H groups in total. The fourth-order valence-electron chi connectivity index (χ4n) is 1.69. The summed E-state index contributed by atoms with van der Waals surface area (Å²) in [5.41, 5.74) is 2.04. The van der Waals surface area contributed by atoms with Crippen LogP contribution in [0, 0.1) is 12.3 Å². The average molecular weight is 224 g/mol. The molecule has 0 aliphatic heterocycles. The van der Waals surface area contributed by atoms with Crippen molar-refractivity contribution in [3.63, 3.8) is 0 Å². The summed E-state index contributed by atoms with van der Waals surface area (Å²) in [4.78, 5) is 0. The number of hydrogen-bond acceptors (Lipinski definition) is 1. The molecular formula is C15H12S. The zero-order chi connectivity index (χ0) is 11.4. The van der Waals surface area contributed by atoms with Gasteiger partial charge in [-0.2, -0.15) is 12.6 Å². The fourth-order valence-corrected chi connectivity index (χ4v) is 1.99. The first kappa shape index (κ1) is 10.9. The normalized spacial score (nSPS) is 10.8. The second kappa shape index (κ2) is 4.47. The van der Waals surface area contributed by atoms with Crippen molar-refractivity contribution in [2.75, 3.05) is 0 Å². The van der Waals surface area contributed by atoms with Crippen LogP contribution < -0.4 is 0 Å². The topological polar surface area (TPSA) is 0 Å². The van der Waals surface area contributed by atoms with Crippen LogP contribution in [0.3, 0.4) is 0 Å². The van der Waals surface area contributed by atoms with Gasteiger partial charge in [-0.15, -0.1) is 6.42 Å². The summed E-state index contributed by atoms with van der Waals surface area (Å²) in [5.74, 6) is 2.78. The standard InChI is InChI=1S/C15H12S/c1-2-15(16,13-9-5-3-6-10-13)14-11-7-4-8-12-14/h1,3-12,16H. The lowest BCUT2D eigenvalue weighted by molar-refractivity contribution is 0.988. The van der Waals surface area contributed by atoms with E-state index in [9.17, 15) is 0 Å². The van der Waals surface area contributed by atoms with Gasteiger partial charge in [0.15, 0.2) is 0 Å². The van der Waals surface area contributed by atoms with Crippen LogP contribution >= 0.6 is 12.6 Å². The van der Waals surface area contributed by atoms with Crippen molar-refractivity contribution < 1.29 is 0 Å². The van der Waals surface area contributed by atoms with Crippen molar-refractivity contribution in [3.8, 4) is 12.3 Å². The predicted molar refractivity (Wildman–Crippen MR) is 71.5 cm³/mol. The summed E-state index contributed by atoms with van der Waals surface area (Å²) in [5, 5.41) is 0. The number of rotatable bonds is 2. The van der Waals surface area contributed by atoms with Gasteiger partial charge in [-0.1, -0.05) is 66.6 Å². The molecule has 0 heterocycles. The Morgan fingerprint density at radius 1 is 0.812 bits per heavy atom. The van der Waals surface area contributed by atoms with Crippen LogP contribution in [0.4, 0.5) is 0 Å². The molecule has 0 saturated carbocycles.